The fourth-order valence-electron chi connectivity index (χ4n) is 0.285. The highest BCUT2D eigenvalue weighted by atomic mass is 35.5. The maximum atomic E-state index is 9.94. The Balaban J connectivity index is 3.53. The van der Waals surface area contributed by atoms with Crippen molar-refractivity contribution in [3.63, 3.8) is 0 Å². The predicted octanol–water partition coefficient (Wildman–Crippen LogP) is 2.08. The number of hydrogen-bond acceptors (Lipinski definition) is 4. The van der Waals surface area contributed by atoms with Crippen molar-refractivity contribution in [3.8, 4) is 0 Å². The Kier molecular flexibility index (Phi) is 4.14. The second kappa shape index (κ2) is 4.35. The molecule has 0 aliphatic heterocycles. The van der Waals surface area contributed by atoms with Gasteiger partial charge in [-0.2, -0.15) is 0 Å². The molecule has 0 radical (unpaired) electrons. The molecule has 0 aromatic heterocycles. The van der Waals surface area contributed by atoms with Crippen LogP contribution >= 0.6 is 23.2 Å². The monoisotopic (exact) mass is 186 g/mol. The molecule has 0 spiro atoms. The van der Waals surface area contributed by atoms with Crippen molar-refractivity contribution in [1.82, 2.24) is 0 Å². The number of rotatable bonds is 2. The maximum Gasteiger partial charge on any atom is 0.406 e. The normalized spacial score (nSPS) is 9.20. The van der Waals surface area contributed by atoms with Gasteiger partial charge in [-0.3, -0.25) is 0 Å². The average Bonchev–Trinajstić information content (AvgIpc) is 1.58. The Morgan fingerprint density at radius 3 is 1.70 bits per heavy atom. The molecule has 4 nitrogen and oxygen atoms in total. The Bertz CT molecular complexity index is 130. The van der Waals surface area contributed by atoms with E-state index >= 15 is 0 Å². The summed E-state index contributed by atoms with van der Waals surface area (Å²) >= 11 is 9.52. The summed E-state index contributed by atoms with van der Waals surface area (Å²) in [4.78, 5) is 19.9. The van der Waals surface area contributed by atoms with Gasteiger partial charge in [0.25, 0.3) is 0 Å². The van der Waals surface area contributed by atoms with Crippen LogP contribution in [-0.4, -0.2) is 17.1 Å². The summed E-state index contributed by atoms with van der Waals surface area (Å²) in [7, 11) is 0. The first-order chi connectivity index (χ1) is 4.52. The third-order valence-corrected chi connectivity index (χ3v) is 0.695. The van der Waals surface area contributed by atoms with Crippen LogP contribution in [0, 0.1) is 0 Å². The summed E-state index contributed by atoms with van der Waals surface area (Å²) in [5.74, 6) is 0. The van der Waals surface area contributed by atoms with Crippen molar-refractivity contribution in [1.29, 1.82) is 0 Å². The van der Waals surface area contributed by atoms with Crippen LogP contribution in [0.2, 0.25) is 0 Å². The molecule has 0 N–H and O–H groups in total. The molecule has 58 valence electrons. The van der Waals surface area contributed by atoms with Gasteiger partial charge in [-0.05, 0) is 0 Å². The van der Waals surface area contributed by atoms with Crippen molar-refractivity contribution < 1.29 is 19.1 Å². The van der Waals surface area contributed by atoms with Crippen LogP contribution in [0.1, 0.15) is 6.92 Å². The van der Waals surface area contributed by atoms with Gasteiger partial charge in [-0.15, -0.1) is 0 Å². The Hall–Kier alpha value is -0.480. The number of hydrogen-bond donors (Lipinski definition) is 0. The molecule has 0 saturated carbocycles. The van der Waals surface area contributed by atoms with Gasteiger partial charge in [-0.25, -0.2) is 9.59 Å². The molecule has 0 amide bonds. The van der Waals surface area contributed by atoms with E-state index in [1.54, 1.807) is 0 Å². The topological polar surface area (TPSA) is 52.6 Å². The van der Waals surface area contributed by atoms with E-state index in [1.807, 2.05) is 0 Å². The molecule has 0 unspecified atom stereocenters. The van der Waals surface area contributed by atoms with Gasteiger partial charge in [0, 0.05) is 30.1 Å². The summed E-state index contributed by atoms with van der Waals surface area (Å²) in [6.07, 6.45) is -1.05. The van der Waals surface area contributed by atoms with Crippen LogP contribution in [0.5, 0.6) is 0 Å². The fourth-order valence-corrected chi connectivity index (χ4v) is 0.536. The van der Waals surface area contributed by atoms with Gasteiger partial charge in [-0.1, -0.05) is 0 Å². The van der Waals surface area contributed by atoms with Crippen LogP contribution in [0.4, 0.5) is 9.59 Å². The average molecular weight is 187 g/mol. The molecular weight excluding hydrogens is 183 g/mol. The number of carbonyl (C=O) groups excluding carboxylic acids is 2. The molecule has 0 aliphatic carbocycles. The molecule has 6 heteroatoms. The minimum Gasteiger partial charge on any atom is -0.413 e. The summed E-state index contributed by atoms with van der Waals surface area (Å²) in [6, 6.07) is 0. The second-order valence-corrected chi connectivity index (χ2v) is 1.90. The smallest absolute Gasteiger partial charge is 0.406 e. The first-order valence-corrected chi connectivity index (χ1v) is 3.00. The molecular formula is C4H4Cl2O4. The molecule has 0 aliphatic rings. The van der Waals surface area contributed by atoms with E-state index in [0.717, 1.165) is 0 Å². The lowest BCUT2D eigenvalue weighted by molar-refractivity contribution is -0.0297. The lowest BCUT2D eigenvalue weighted by atomic mass is 10.8. The molecule has 10 heavy (non-hydrogen) atoms. The fraction of sp³-hybridized carbons (Fsp3) is 0.500. The third-order valence-electron chi connectivity index (χ3n) is 0.517. The van der Waals surface area contributed by atoms with Gasteiger partial charge in [0.1, 0.15) is 0 Å². The Morgan fingerprint density at radius 2 is 1.50 bits per heavy atom. The molecule has 0 rings (SSSR count). The van der Waals surface area contributed by atoms with Crippen LogP contribution in [0.15, 0.2) is 0 Å². The molecule has 0 saturated heterocycles. The third kappa shape index (κ3) is 5.65. The van der Waals surface area contributed by atoms with Crippen LogP contribution < -0.4 is 0 Å². The first kappa shape index (κ1) is 9.52. The van der Waals surface area contributed by atoms with Gasteiger partial charge < -0.3 is 9.47 Å². The minimum atomic E-state index is -1.05. The highest BCUT2D eigenvalue weighted by molar-refractivity contribution is 6.61. The SMILES string of the molecule is CC(OC(=O)Cl)OC(=O)Cl. The maximum absolute atomic E-state index is 9.94. The van der Waals surface area contributed by atoms with Crippen molar-refractivity contribution in [2.45, 2.75) is 13.2 Å². The van der Waals surface area contributed by atoms with Crippen molar-refractivity contribution in [3.05, 3.63) is 0 Å². The van der Waals surface area contributed by atoms with E-state index in [-0.39, 0.29) is 0 Å². The summed E-state index contributed by atoms with van der Waals surface area (Å²) in [6.45, 7) is 1.31. The van der Waals surface area contributed by atoms with E-state index in [4.69, 9.17) is 23.2 Å². The Labute approximate surface area is 67.0 Å². The number of halogens is 2. The van der Waals surface area contributed by atoms with Crippen LogP contribution in [-0.2, 0) is 9.47 Å². The van der Waals surface area contributed by atoms with Gasteiger partial charge in [0.15, 0.2) is 0 Å². The van der Waals surface area contributed by atoms with Gasteiger partial charge >= 0.3 is 10.9 Å². The second-order valence-electron chi connectivity index (χ2n) is 1.28. The standard InChI is InChI=1S/C4H4Cl2O4/c1-2(9-3(5)7)10-4(6)8/h2H,1H3. The van der Waals surface area contributed by atoms with Crippen molar-refractivity contribution in [2.24, 2.45) is 0 Å². The van der Waals surface area contributed by atoms with E-state index in [9.17, 15) is 9.59 Å². The van der Waals surface area contributed by atoms with Crippen LogP contribution in [0.3, 0.4) is 0 Å². The quantitative estimate of drug-likeness (QED) is 0.490. The molecule has 0 heterocycles. The molecule has 0 fully saturated rings. The molecule has 0 aromatic rings. The predicted molar refractivity (Wildman–Crippen MR) is 34.1 cm³/mol. The lowest BCUT2D eigenvalue weighted by Crippen LogP contribution is -2.15. The zero-order valence-electron chi connectivity index (χ0n) is 4.97. The number of carbonyl (C=O) groups is 2. The first-order valence-electron chi connectivity index (χ1n) is 2.24. The summed E-state index contributed by atoms with van der Waals surface area (Å²) < 4.78 is 8.32. The van der Waals surface area contributed by atoms with Gasteiger partial charge in [0.2, 0.25) is 6.29 Å². The van der Waals surface area contributed by atoms with Gasteiger partial charge in [0.05, 0.1) is 0 Å². The van der Waals surface area contributed by atoms with Crippen molar-refractivity contribution >= 4 is 34.1 Å². The zero-order valence-corrected chi connectivity index (χ0v) is 6.48. The van der Waals surface area contributed by atoms with E-state index < -0.39 is 17.1 Å². The molecule has 0 aromatic carbocycles. The van der Waals surface area contributed by atoms with Crippen molar-refractivity contribution in [2.75, 3.05) is 0 Å². The molecule has 0 atom stereocenters. The number of ether oxygens (including phenoxy) is 2. The minimum absolute atomic E-state index is 1.05. The van der Waals surface area contributed by atoms with E-state index in [2.05, 4.69) is 9.47 Å². The molecule has 0 bridgehead atoms. The highest BCUT2D eigenvalue weighted by Gasteiger charge is 2.09. The summed E-state index contributed by atoms with van der Waals surface area (Å²) in [5.41, 5.74) is -2.10. The summed E-state index contributed by atoms with van der Waals surface area (Å²) in [5, 5.41) is 0. The van der Waals surface area contributed by atoms with Crippen LogP contribution in [0.25, 0.3) is 0 Å². The lowest BCUT2D eigenvalue weighted by Gasteiger charge is -2.07. The zero-order chi connectivity index (χ0) is 8.15. The van der Waals surface area contributed by atoms with E-state index in [1.165, 1.54) is 6.92 Å². The van der Waals surface area contributed by atoms with E-state index in [0.29, 0.717) is 0 Å². The Morgan fingerprint density at radius 1 is 1.20 bits per heavy atom. The highest BCUT2D eigenvalue weighted by Crippen LogP contribution is 2.00. The largest absolute Gasteiger partial charge is 0.413 e.